The van der Waals surface area contributed by atoms with Crippen molar-refractivity contribution in [2.75, 3.05) is 0 Å². The van der Waals surface area contributed by atoms with Crippen molar-refractivity contribution in [3.8, 4) is 18.1 Å². The summed E-state index contributed by atoms with van der Waals surface area (Å²) in [6, 6.07) is 6.92. The number of aliphatic hydroxyl groups is 1. The second-order valence-electron chi connectivity index (χ2n) is 10.2. The average Bonchev–Trinajstić information content (AvgIpc) is 3.29. The largest absolute Gasteiger partial charge is 0.490 e. The molecular formula is C26H34O2. The molecule has 4 aliphatic rings. The van der Waals surface area contributed by atoms with Crippen molar-refractivity contribution in [1.82, 2.24) is 0 Å². The van der Waals surface area contributed by atoms with Crippen LogP contribution >= 0.6 is 0 Å². The summed E-state index contributed by atoms with van der Waals surface area (Å²) in [6.07, 6.45) is 17.4. The van der Waals surface area contributed by atoms with Crippen LogP contribution in [0.5, 0.6) is 5.75 Å². The molecule has 150 valence electrons. The molecule has 0 aliphatic heterocycles. The molecule has 6 atom stereocenters. The number of hydrogen-bond acceptors (Lipinski definition) is 2. The predicted octanol–water partition coefficient (Wildman–Crippen LogP) is 5.47. The highest BCUT2D eigenvalue weighted by molar-refractivity contribution is 5.41. The first-order chi connectivity index (χ1) is 13.6. The van der Waals surface area contributed by atoms with E-state index < -0.39 is 0 Å². The minimum Gasteiger partial charge on any atom is -0.490 e. The monoisotopic (exact) mass is 378 g/mol. The Morgan fingerprint density at radius 3 is 2.82 bits per heavy atom. The second-order valence-corrected chi connectivity index (χ2v) is 10.2. The lowest BCUT2D eigenvalue weighted by Crippen LogP contribution is -2.44. The van der Waals surface area contributed by atoms with Crippen LogP contribution in [0.2, 0.25) is 0 Å². The van der Waals surface area contributed by atoms with E-state index >= 15 is 0 Å². The Balaban J connectivity index is 1.37. The van der Waals surface area contributed by atoms with E-state index in [-0.39, 0.29) is 11.5 Å². The summed E-state index contributed by atoms with van der Waals surface area (Å²) in [4.78, 5) is 0. The average molecular weight is 379 g/mol. The van der Waals surface area contributed by atoms with Gasteiger partial charge in [-0.2, -0.15) is 0 Å². The number of aliphatic hydroxyl groups excluding tert-OH is 1. The van der Waals surface area contributed by atoms with Crippen molar-refractivity contribution in [2.45, 2.75) is 89.3 Å². The third-order valence-corrected chi connectivity index (χ3v) is 8.80. The first kappa shape index (κ1) is 18.6. The molecule has 0 bridgehead atoms. The Morgan fingerprint density at radius 1 is 1.21 bits per heavy atom. The molecule has 3 fully saturated rings. The maximum Gasteiger partial charge on any atom is 0.120 e. The van der Waals surface area contributed by atoms with Gasteiger partial charge in [-0.15, -0.1) is 12.3 Å². The Labute approximate surface area is 170 Å². The van der Waals surface area contributed by atoms with Gasteiger partial charge in [-0.3, -0.25) is 0 Å². The number of benzene rings is 1. The number of ether oxygens (including phenoxy) is 1. The van der Waals surface area contributed by atoms with Crippen molar-refractivity contribution >= 4 is 0 Å². The minimum absolute atomic E-state index is 0.0612. The molecule has 0 radical (unpaired) electrons. The van der Waals surface area contributed by atoms with E-state index in [1.807, 2.05) is 0 Å². The van der Waals surface area contributed by atoms with Crippen molar-refractivity contribution in [3.05, 3.63) is 29.3 Å². The predicted molar refractivity (Wildman–Crippen MR) is 112 cm³/mol. The summed E-state index contributed by atoms with van der Waals surface area (Å²) in [5, 5.41) is 11.0. The highest BCUT2D eigenvalue weighted by Gasteiger charge is 2.57. The van der Waals surface area contributed by atoms with Gasteiger partial charge >= 0.3 is 0 Å². The maximum absolute atomic E-state index is 11.0. The lowest BCUT2D eigenvalue weighted by Gasteiger charge is -2.50. The van der Waals surface area contributed by atoms with Crippen LogP contribution in [0.15, 0.2) is 18.2 Å². The highest BCUT2D eigenvalue weighted by atomic mass is 16.5. The van der Waals surface area contributed by atoms with E-state index in [9.17, 15) is 5.11 Å². The van der Waals surface area contributed by atoms with Gasteiger partial charge < -0.3 is 9.84 Å². The topological polar surface area (TPSA) is 29.5 Å². The molecule has 3 saturated carbocycles. The summed E-state index contributed by atoms with van der Waals surface area (Å²) in [7, 11) is 0. The Bertz CT molecular complexity index is 771. The van der Waals surface area contributed by atoms with E-state index in [4.69, 9.17) is 11.2 Å². The number of aryl methyl sites for hydroxylation is 1. The van der Waals surface area contributed by atoms with Crippen LogP contribution < -0.4 is 4.74 Å². The molecule has 2 nitrogen and oxygen atoms in total. The van der Waals surface area contributed by atoms with Gasteiger partial charge in [-0.1, -0.05) is 13.0 Å². The van der Waals surface area contributed by atoms with Crippen LogP contribution in [0.4, 0.5) is 0 Å². The van der Waals surface area contributed by atoms with Crippen LogP contribution in [0, 0.1) is 35.5 Å². The van der Waals surface area contributed by atoms with Crippen molar-refractivity contribution < 1.29 is 9.84 Å². The van der Waals surface area contributed by atoms with Crippen LogP contribution in [-0.4, -0.2) is 17.3 Å². The van der Waals surface area contributed by atoms with Crippen LogP contribution in [0.1, 0.15) is 81.8 Å². The molecule has 1 aromatic carbocycles. The highest BCUT2D eigenvalue weighted by Crippen LogP contribution is 2.62. The summed E-state index contributed by atoms with van der Waals surface area (Å²) in [5.41, 5.74) is 3.14. The lowest BCUT2D eigenvalue weighted by molar-refractivity contribution is -0.0321. The summed E-state index contributed by atoms with van der Waals surface area (Å²) < 4.78 is 6.27. The number of rotatable bonds is 3. The van der Waals surface area contributed by atoms with Gasteiger partial charge in [0.2, 0.25) is 0 Å². The SMILES string of the molecule is C#CCC1CC2C3CCc4cc(OC5CCCC5)ccc4C3CCC2(C)C1O. The molecule has 4 aliphatic carbocycles. The minimum atomic E-state index is -0.224. The molecule has 5 rings (SSSR count). The molecule has 28 heavy (non-hydrogen) atoms. The zero-order valence-electron chi connectivity index (χ0n) is 17.2. The number of terminal acetylenes is 1. The van der Waals surface area contributed by atoms with Crippen LogP contribution in [0.3, 0.4) is 0 Å². The molecule has 0 heterocycles. The Hall–Kier alpha value is -1.46. The van der Waals surface area contributed by atoms with Gasteiger partial charge in [-0.05, 0) is 110 Å². The Morgan fingerprint density at radius 2 is 2.04 bits per heavy atom. The molecular weight excluding hydrogens is 344 g/mol. The van der Waals surface area contributed by atoms with Crippen LogP contribution in [-0.2, 0) is 6.42 Å². The van der Waals surface area contributed by atoms with E-state index in [0.29, 0.717) is 29.8 Å². The molecule has 1 N–H and O–H groups in total. The number of hydrogen-bond donors (Lipinski definition) is 1. The second kappa shape index (κ2) is 7.10. The zero-order valence-corrected chi connectivity index (χ0v) is 17.2. The molecule has 6 unspecified atom stereocenters. The quantitative estimate of drug-likeness (QED) is 0.706. The summed E-state index contributed by atoms with van der Waals surface area (Å²) in [5.74, 6) is 6.15. The molecule has 0 amide bonds. The first-order valence-corrected chi connectivity index (χ1v) is 11.5. The van der Waals surface area contributed by atoms with E-state index in [1.54, 1.807) is 5.56 Å². The van der Waals surface area contributed by atoms with Gasteiger partial charge in [0.15, 0.2) is 0 Å². The fraction of sp³-hybridized carbons (Fsp3) is 0.692. The van der Waals surface area contributed by atoms with Crippen molar-refractivity contribution in [2.24, 2.45) is 23.2 Å². The van der Waals surface area contributed by atoms with E-state index in [2.05, 4.69) is 31.0 Å². The fourth-order valence-corrected chi connectivity index (χ4v) is 7.33. The van der Waals surface area contributed by atoms with Crippen molar-refractivity contribution in [3.63, 3.8) is 0 Å². The fourth-order valence-electron chi connectivity index (χ4n) is 7.33. The lowest BCUT2D eigenvalue weighted by atomic mass is 9.55. The molecule has 1 aromatic rings. The Kier molecular flexibility index (Phi) is 4.71. The normalized spacial score (nSPS) is 39.7. The van der Waals surface area contributed by atoms with Crippen LogP contribution in [0.25, 0.3) is 0 Å². The molecule has 0 aromatic heterocycles. The maximum atomic E-state index is 11.0. The zero-order chi connectivity index (χ0) is 19.3. The van der Waals surface area contributed by atoms with E-state index in [1.165, 1.54) is 44.1 Å². The summed E-state index contributed by atoms with van der Waals surface area (Å²) in [6.45, 7) is 2.34. The van der Waals surface area contributed by atoms with Crippen molar-refractivity contribution in [1.29, 1.82) is 0 Å². The van der Waals surface area contributed by atoms with Gasteiger partial charge in [0.1, 0.15) is 5.75 Å². The van der Waals surface area contributed by atoms with Gasteiger partial charge in [0.05, 0.1) is 12.2 Å². The standard InChI is InChI=1S/C26H34O2/c1-3-6-18-16-24-23-11-9-17-15-20(28-19-7-4-5-8-19)10-12-21(17)22(23)13-14-26(24,2)25(18)27/h1,10,12,15,18-19,22-25,27H,4-9,11,13-14,16H2,2H3. The van der Waals surface area contributed by atoms with Gasteiger partial charge in [-0.25, -0.2) is 0 Å². The number of fused-ring (bicyclic) bond motifs is 5. The van der Waals surface area contributed by atoms with Gasteiger partial charge in [0, 0.05) is 6.42 Å². The third kappa shape index (κ3) is 2.89. The molecule has 0 saturated heterocycles. The molecule has 2 heteroatoms. The third-order valence-electron chi connectivity index (χ3n) is 8.80. The molecule has 0 spiro atoms. The smallest absolute Gasteiger partial charge is 0.120 e. The summed E-state index contributed by atoms with van der Waals surface area (Å²) >= 11 is 0. The first-order valence-electron chi connectivity index (χ1n) is 11.5. The van der Waals surface area contributed by atoms with E-state index in [0.717, 1.165) is 31.4 Å². The van der Waals surface area contributed by atoms with Gasteiger partial charge in [0.25, 0.3) is 0 Å².